The van der Waals surface area contributed by atoms with Gasteiger partial charge >= 0.3 is 0 Å². The Labute approximate surface area is 140 Å². The summed E-state index contributed by atoms with van der Waals surface area (Å²) in [6, 6.07) is 7.69. The summed E-state index contributed by atoms with van der Waals surface area (Å²) in [5.41, 5.74) is 0. The molecule has 1 N–H and O–H groups in total. The van der Waals surface area contributed by atoms with Crippen LogP contribution in [0.3, 0.4) is 0 Å². The van der Waals surface area contributed by atoms with Gasteiger partial charge in [0.1, 0.15) is 6.61 Å². The van der Waals surface area contributed by atoms with Gasteiger partial charge in [-0.15, -0.1) is 0 Å². The van der Waals surface area contributed by atoms with Gasteiger partial charge in [0.25, 0.3) is 0 Å². The lowest BCUT2D eigenvalue weighted by Gasteiger charge is -2.10. The van der Waals surface area contributed by atoms with E-state index in [0.717, 1.165) is 44.2 Å². The Balaban J connectivity index is 1.94. The van der Waals surface area contributed by atoms with Crippen LogP contribution in [0.5, 0.6) is 11.5 Å². The number of methoxy groups -OCH3 is 1. The van der Waals surface area contributed by atoms with Crippen LogP contribution in [0, 0.1) is 0 Å². The van der Waals surface area contributed by atoms with Crippen molar-refractivity contribution in [1.82, 2.24) is 5.32 Å². The van der Waals surface area contributed by atoms with E-state index < -0.39 is 0 Å². The maximum absolute atomic E-state index is 5.69. The molecule has 0 saturated carbocycles. The van der Waals surface area contributed by atoms with E-state index in [4.69, 9.17) is 14.2 Å². The molecule has 1 aromatic carbocycles. The Hall–Kier alpha value is -1.52. The first-order chi connectivity index (χ1) is 11.4. The highest BCUT2D eigenvalue weighted by molar-refractivity contribution is 5.39. The molecule has 0 amide bonds. The van der Waals surface area contributed by atoms with Gasteiger partial charge in [-0.3, -0.25) is 0 Å². The number of hydrogen-bond donors (Lipinski definition) is 1. The van der Waals surface area contributed by atoms with E-state index in [1.807, 2.05) is 24.3 Å². The standard InChI is InChI=1S/C19H31NO3/c1-3-4-9-15-22-16-10-5-8-13-20-14-17-23-19-12-7-6-11-18(19)21-2/h5-8,11-12,20H,3-4,9-10,13-17H2,1-2H3/b8-5+. The van der Waals surface area contributed by atoms with E-state index in [9.17, 15) is 0 Å². The number of ether oxygens (including phenoxy) is 3. The summed E-state index contributed by atoms with van der Waals surface area (Å²) < 4.78 is 16.5. The third-order valence-electron chi connectivity index (χ3n) is 3.36. The maximum atomic E-state index is 5.69. The van der Waals surface area contributed by atoms with Crippen molar-refractivity contribution in [3.63, 3.8) is 0 Å². The molecular formula is C19H31NO3. The first kappa shape index (κ1) is 19.5. The SMILES string of the molecule is CCCCCOCC/C=C/CNCCOc1ccccc1OC. The second-order valence-electron chi connectivity index (χ2n) is 5.28. The molecule has 0 spiro atoms. The van der Waals surface area contributed by atoms with Crippen molar-refractivity contribution in [3.05, 3.63) is 36.4 Å². The van der Waals surface area contributed by atoms with Gasteiger partial charge < -0.3 is 19.5 Å². The van der Waals surface area contributed by atoms with Crippen LogP contribution in [0.1, 0.15) is 32.6 Å². The zero-order chi connectivity index (χ0) is 16.6. The van der Waals surface area contributed by atoms with Gasteiger partial charge in [0.2, 0.25) is 0 Å². The van der Waals surface area contributed by atoms with Crippen molar-refractivity contribution in [1.29, 1.82) is 0 Å². The quantitative estimate of drug-likeness (QED) is 0.418. The molecule has 0 atom stereocenters. The molecule has 0 radical (unpaired) electrons. The Morgan fingerprint density at radius 3 is 2.61 bits per heavy atom. The van der Waals surface area contributed by atoms with E-state index in [1.54, 1.807) is 7.11 Å². The Morgan fingerprint density at radius 1 is 1.00 bits per heavy atom. The minimum absolute atomic E-state index is 0.620. The van der Waals surface area contributed by atoms with Crippen LogP contribution in [0.4, 0.5) is 0 Å². The number of para-hydroxylation sites is 2. The smallest absolute Gasteiger partial charge is 0.161 e. The molecular weight excluding hydrogens is 290 g/mol. The number of nitrogens with one attached hydrogen (secondary N) is 1. The molecule has 0 aliphatic heterocycles. The summed E-state index contributed by atoms with van der Waals surface area (Å²) in [4.78, 5) is 0. The minimum atomic E-state index is 0.620. The van der Waals surface area contributed by atoms with Gasteiger partial charge in [-0.2, -0.15) is 0 Å². The largest absolute Gasteiger partial charge is 0.493 e. The average Bonchev–Trinajstić information content (AvgIpc) is 2.59. The molecule has 0 unspecified atom stereocenters. The zero-order valence-electron chi connectivity index (χ0n) is 14.6. The van der Waals surface area contributed by atoms with Crippen molar-refractivity contribution in [2.24, 2.45) is 0 Å². The highest BCUT2D eigenvalue weighted by Crippen LogP contribution is 2.25. The van der Waals surface area contributed by atoms with Gasteiger partial charge in [-0.25, -0.2) is 0 Å². The molecule has 130 valence electrons. The fourth-order valence-corrected chi connectivity index (χ4v) is 2.07. The van der Waals surface area contributed by atoms with E-state index >= 15 is 0 Å². The molecule has 0 aliphatic rings. The second kappa shape index (κ2) is 14.1. The molecule has 0 heterocycles. The van der Waals surface area contributed by atoms with Crippen molar-refractivity contribution in [2.75, 3.05) is 40.0 Å². The summed E-state index contributed by atoms with van der Waals surface area (Å²) in [6.07, 6.45) is 8.96. The third kappa shape index (κ3) is 9.97. The van der Waals surface area contributed by atoms with Crippen molar-refractivity contribution in [2.45, 2.75) is 32.6 Å². The highest BCUT2D eigenvalue weighted by atomic mass is 16.5. The number of hydrogen-bond acceptors (Lipinski definition) is 4. The van der Waals surface area contributed by atoms with E-state index in [-0.39, 0.29) is 0 Å². The summed E-state index contributed by atoms with van der Waals surface area (Å²) in [6.45, 7) is 6.18. The molecule has 0 aliphatic carbocycles. The lowest BCUT2D eigenvalue weighted by molar-refractivity contribution is 0.134. The number of rotatable bonds is 14. The van der Waals surface area contributed by atoms with Gasteiger partial charge in [0.15, 0.2) is 11.5 Å². The minimum Gasteiger partial charge on any atom is -0.493 e. The summed E-state index contributed by atoms with van der Waals surface area (Å²) in [5.74, 6) is 1.55. The summed E-state index contributed by atoms with van der Waals surface area (Å²) in [5, 5.41) is 3.32. The van der Waals surface area contributed by atoms with Gasteiger partial charge in [-0.1, -0.05) is 44.1 Å². The molecule has 23 heavy (non-hydrogen) atoms. The van der Waals surface area contributed by atoms with Crippen LogP contribution in [-0.4, -0.2) is 40.0 Å². The lowest BCUT2D eigenvalue weighted by Crippen LogP contribution is -2.21. The lowest BCUT2D eigenvalue weighted by atomic mass is 10.3. The molecule has 0 aromatic heterocycles. The Morgan fingerprint density at radius 2 is 1.83 bits per heavy atom. The molecule has 1 aromatic rings. The number of benzene rings is 1. The van der Waals surface area contributed by atoms with Crippen LogP contribution in [-0.2, 0) is 4.74 Å². The van der Waals surface area contributed by atoms with Crippen LogP contribution in [0.2, 0.25) is 0 Å². The molecule has 4 heteroatoms. The predicted octanol–water partition coefficient (Wildman–Crippen LogP) is 3.82. The number of unbranched alkanes of at least 4 members (excludes halogenated alkanes) is 2. The fraction of sp³-hybridized carbons (Fsp3) is 0.579. The van der Waals surface area contributed by atoms with Crippen molar-refractivity contribution in [3.8, 4) is 11.5 Å². The molecule has 4 nitrogen and oxygen atoms in total. The molecule has 0 bridgehead atoms. The second-order valence-corrected chi connectivity index (χ2v) is 5.28. The summed E-state index contributed by atoms with van der Waals surface area (Å²) in [7, 11) is 1.65. The van der Waals surface area contributed by atoms with Gasteiger partial charge in [0, 0.05) is 19.7 Å². The van der Waals surface area contributed by atoms with Crippen LogP contribution < -0.4 is 14.8 Å². The van der Waals surface area contributed by atoms with Gasteiger partial charge in [-0.05, 0) is 25.0 Å². The normalized spacial score (nSPS) is 11.0. The van der Waals surface area contributed by atoms with Crippen molar-refractivity contribution < 1.29 is 14.2 Å². The van der Waals surface area contributed by atoms with Gasteiger partial charge in [0.05, 0.1) is 13.7 Å². The monoisotopic (exact) mass is 321 g/mol. The maximum Gasteiger partial charge on any atom is 0.161 e. The fourth-order valence-electron chi connectivity index (χ4n) is 2.07. The Bertz CT molecular complexity index is 421. The third-order valence-corrected chi connectivity index (χ3v) is 3.36. The molecule has 0 saturated heterocycles. The molecule has 0 fully saturated rings. The summed E-state index contributed by atoms with van der Waals surface area (Å²) >= 11 is 0. The van der Waals surface area contributed by atoms with E-state index in [1.165, 1.54) is 19.3 Å². The Kier molecular flexibility index (Phi) is 12.0. The van der Waals surface area contributed by atoms with E-state index in [2.05, 4.69) is 24.4 Å². The van der Waals surface area contributed by atoms with Crippen LogP contribution in [0.15, 0.2) is 36.4 Å². The van der Waals surface area contributed by atoms with Crippen molar-refractivity contribution >= 4 is 0 Å². The first-order valence-electron chi connectivity index (χ1n) is 8.57. The van der Waals surface area contributed by atoms with E-state index in [0.29, 0.717) is 6.61 Å². The van der Waals surface area contributed by atoms with Crippen LogP contribution in [0.25, 0.3) is 0 Å². The molecule has 1 rings (SSSR count). The zero-order valence-corrected chi connectivity index (χ0v) is 14.6. The predicted molar refractivity (Wildman–Crippen MR) is 95.5 cm³/mol. The first-order valence-corrected chi connectivity index (χ1v) is 8.57. The highest BCUT2D eigenvalue weighted by Gasteiger charge is 2.00. The topological polar surface area (TPSA) is 39.7 Å². The average molecular weight is 321 g/mol. The van der Waals surface area contributed by atoms with Crippen LogP contribution >= 0.6 is 0 Å².